The van der Waals surface area contributed by atoms with Gasteiger partial charge in [-0.1, -0.05) is 23.2 Å². The smallest absolute Gasteiger partial charge is 0.273 e. The van der Waals surface area contributed by atoms with Crippen molar-refractivity contribution in [2.45, 2.75) is 18.9 Å². The van der Waals surface area contributed by atoms with Crippen LogP contribution >= 0.6 is 23.2 Å². The lowest BCUT2D eigenvalue weighted by Crippen LogP contribution is -2.17. The Hall–Kier alpha value is -1.59. The Balaban J connectivity index is 1.82. The van der Waals surface area contributed by atoms with E-state index < -0.39 is 0 Å². The Morgan fingerprint density at radius 3 is 2.74 bits per heavy atom. The third kappa shape index (κ3) is 2.72. The van der Waals surface area contributed by atoms with E-state index >= 15 is 0 Å². The highest BCUT2D eigenvalue weighted by atomic mass is 35.5. The molecule has 2 heterocycles. The van der Waals surface area contributed by atoms with Crippen molar-refractivity contribution in [1.29, 1.82) is 0 Å². The summed E-state index contributed by atoms with van der Waals surface area (Å²) in [6.07, 6.45) is 3.93. The molecule has 0 bridgehead atoms. The van der Waals surface area contributed by atoms with Crippen LogP contribution in [0.2, 0.25) is 10.2 Å². The summed E-state index contributed by atoms with van der Waals surface area (Å²) in [5.74, 6) is 0.101. The van der Waals surface area contributed by atoms with Gasteiger partial charge in [0.1, 0.15) is 5.69 Å². The van der Waals surface area contributed by atoms with Gasteiger partial charge in [-0.2, -0.15) is 0 Å². The van der Waals surface area contributed by atoms with E-state index in [0.29, 0.717) is 22.6 Å². The van der Waals surface area contributed by atoms with Gasteiger partial charge in [-0.25, -0.2) is 0 Å². The molecule has 2 aromatic heterocycles. The maximum Gasteiger partial charge on any atom is 0.273 e. The number of carbonyl (C=O) groups excluding carboxylic acids is 1. The lowest BCUT2D eigenvalue weighted by molar-refractivity contribution is 0.101. The van der Waals surface area contributed by atoms with Crippen LogP contribution in [0.1, 0.15) is 29.4 Å². The Bertz CT molecular complexity index is 619. The van der Waals surface area contributed by atoms with E-state index in [1.54, 1.807) is 24.4 Å². The van der Waals surface area contributed by atoms with Gasteiger partial charge in [0.25, 0.3) is 5.91 Å². The summed E-state index contributed by atoms with van der Waals surface area (Å²) in [5.41, 5.74) is 0.532. The van der Waals surface area contributed by atoms with E-state index in [2.05, 4.69) is 15.5 Å². The van der Waals surface area contributed by atoms with Crippen molar-refractivity contribution in [2.75, 3.05) is 5.32 Å². The zero-order chi connectivity index (χ0) is 13.4. The molecule has 19 heavy (non-hydrogen) atoms. The normalized spacial score (nSPS) is 14.4. The number of nitrogens with zero attached hydrogens (tertiary/aromatic N) is 3. The number of anilines is 1. The van der Waals surface area contributed by atoms with Gasteiger partial charge in [-0.05, 0) is 31.0 Å². The molecule has 98 valence electrons. The Labute approximate surface area is 119 Å². The molecule has 0 aromatic carbocycles. The van der Waals surface area contributed by atoms with Crippen molar-refractivity contribution in [3.8, 4) is 0 Å². The first-order chi connectivity index (χ1) is 9.13. The van der Waals surface area contributed by atoms with Crippen molar-refractivity contribution in [2.24, 2.45) is 0 Å². The van der Waals surface area contributed by atoms with E-state index in [0.717, 1.165) is 12.8 Å². The van der Waals surface area contributed by atoms with E-state index in [4.69, 9.17) is 23.2 Å². The van der Waals surface area contributed by atoms with Crippen molar-refractivity contribution in [3.05, 3.63) is 40.3 Å². The first kappa shape index (κ1) is 12.4. The number of rotatable bonds is 3. The minimum atomic E-state index is -0.254. The molecule has 1 fully saturated rings. The molecule has 0 radical (unpaired) electrons. The highest BCUT2D eigenvalue weighted by molar-refractivity contribution is 6.31. The van der Waals surface area contributed by atoms with E-state index in [1.165, 1.54) is 0 Å². The van der Waals surface area contributed by atoms with Crippen molar-refractivity contribution in [1.82, 2.24) is 14.8 Å². The average Bonchev–Trinajstić information content (AvgIpc) is 3.15. The van der Waals surface area contributed by atoms with Crippen LogP contribution in [-0.2, 0) is 0 Å². The van der Waals surface area contributed by atoms with Crippen LogP contribution in [0.5, 0.6) is 0 Å². The fourth-order valence-electron chi connectivity index (χ4n) is 1.85. The van der Waals surface area contributed by atoms with Gasteiger partial charge in [0.05, 0.1) is 5.02 Å². The topological polar surface area (TPSA) is 59.8 Å². The van der Waals surface area contributed by atoms with Gasteiger partial charge in [0, 0.05) is 12.2 Å². The molecular formula is C12H10Cl2N4O. The predicted molar refractivity (Wildman–Crippen MR) is 72.7 cm³/mol. The maximum atomic E-state index is 12.2. The molecule has 1 aliphatic rings. The molecular weight excluding hydrogens is 287 g/mol. The van der Waals surface area contributed by atoms with E-state index in [-0.39, 0.29) is 11.1 Å². The summed E-state index contributed by atoms with van der Waals surface area (Å²) in [6, 6.07) is 5.19. The van der Waals surface area contributed by atoms with Crippen LogP contribution in [0.4, 0.5) is 5.82 Å². The van der Waals surface area contributed by atoms with Crippen molar-refractivity contribution < 1.29 is 4.79 Å². The van der Waals surface area contributed by atoms with Crippen LogP contribution in [0.15, 0.2) is 24.4 Å². The molecule has 5 nitrogen and oxygen atoms in total. The number of hydrogen-bond acceptors (Lipinski definition) is 3. The van der Waals surface area contributed by atoms with Crippen LogP contribution < -0.4 is 5.32 Å². The second-order valence-electron chi connectivity index (χ2n) is 4.38. The molecule has 2 aromatic rings. The summed E-state index contributed by atoms with van der Waals surface area (Å²) in [6.45, 7) is 0. The van der Waals surface area contributed by atoms with Crippen LogP contribution in [0.25, 0.3) is 0 Å². The van der Waals surface area contributed by atoms with Crippen LogP contribution in [0.3, 0.4) is 0 Å². The molecule has 0 spiro atoms. The number of aromatic nitrogens is 3. The summed E-state index contributed by atoms with van der Waals surface area (Å²) in [5, 5.41) is 11.0. The SMILES string of the molecule is O=C(Nc1ccc(Cl)nn1)c1cc(Cl)cn1C1CC1. The Morgan fingerprint density at radius 2 is 2.11 bits per heavy atom. The summed E-state index contributed by atoms with van der Waals surface area (Å²) in [7, 11) is 0. The van der Waals surface area contributed by atoms with Gasteiger partial charge in [0.15, 0.2) is 11.0 Å². The lowest BCUT2D eigenvalue weighted by Gasteiger charge is -2.07. The molecule has 0 unspecified atom stereocenters. The molecule has 0 atom stereocenters. The van der Waals surface area contributed by atoms with E-state index in [1.807, 2.05) is 4.57 Å². The standard InChI is InChI=1S/C12H10Cl2N4O/c13-7-5-9(18(6-7)8-1-2-8)12(19)15-11-4-3-10(14)16-17-11/h3-6,8H,1-2H2,(H,15,17,19). The second kappa shape index (κ2) is 4.83. The summed E-state index contributed by atoms with van der Waals surface area (Å²) >= 11 is 11.6. The number of halogens is 2. The zero-order valence-corrected chi connectivity index (χ0v) is 11.3. The minimum Gasteiger partial charge on any atom is -0.339 e. The molecule has 1 saturated carbocycles. The fraction of sp³-hybridized carbons (Fsp3) is 0.250. The van der Waals surface area contributed by atoms with Gasteiger partial charge >= 0.3 is 0 Å². The Morgan fingerprint density at radius 1 is 1.32 bits per heavy atom. The lowest BCUT2D eigenvalue weighted by atomic mass is 10.4. The maximum absolute atomic E-state index is 12.2. The predicted octanol–water partition coefficient (Wildman–Crippen LogP) is 3.17. The number of amides is 1. The largest absolute Gasteiger partial charge is 0.339 e. The third-order valence-electron chi connectivity index (χ3n) is 2.86. The van der Waals surface area contributed by atoms with Crippen molar-refractivity contribution >= 4 is 34.9 Å². The number of carbonyl (C=O) groups is 1. The average molecular weight is 297 g/mol. The van der Waals surface area contributed by atoms with Crippen LogP contribution in [-0.4, -0.2) is 20.7 Å². The highest BCUT2D eigenvalue weighted by Crippen LogP contribution is 2.37. The minimum absolute atomic E-state index is 0.254. The Kier molecular flexibility index (Phi) is 3.16. The highest BCUT2D eigenvalue weighted by Gasteiger charge is 2.27. The first-order valence-corrected chi connectivity index (χ1v) is 6.57. The van der Waals surface area contributed by atoms with Gasteiger partial charge < -0.3 is 9.88 Å². The summed E-state index contributed by atoms with van der Waals surface area (Å²) < 4.78 is 1.90. The second-order valence-corrected chi connectivity index (χ2v) is 5.20. The van der Waals surface area contributed by atoms with Crippen LogP contribution in [0, 0.1) is 0 Å². The molecule has 1 amide bonds. The molecule has 7 heteroatoms. The van der Waals surface area contributed by atoms with E-state index in [9.17, 15) is 4.79 Å². The molecule has 1 aliphatic carbocycles. The quantitative estimate of drug-likeness (QED) is 0.946. The molecule has 0 aliphatic heterocycles. The van der Waals surface area contributed by atoms with Gasteiger partial charge in [-0.15, -0.1) is 10.2 Å². The fourth-order valence-corrected chi connectivity index (χ4v) is 2.15. The first-order valence-electron chi connectivity index (χ1n) is 5.81. The monoisotopic (exact) mass is 296 g/mol. The zero-order valence-electron chi connectivity index (χ0n) is 9.81. The number of hydrogen-bond donors (Lipinski definition) is 1. The number of nitrogens with one attached hydrogen (secondary N) is 1. The van der Waals surface area contributed by atoms with Gasteiger partial charge in [-0.3, -0.25) is 4.79 Å². The molecule has 1 N–H and O–H groups in total. The van der Waals surface area contributed by atoms with Gasteiger partial charge in [0.2, 0.25) is 0 Å². The molecule has 0 saturated heterocycles. The third-order valence-corrected chi connectivity index (χ3v) is 3.27. The summed E-state index contributed by atoms with van der Waals surface area (Å²) in [4.78, 5) is 12.2. The van der Waals surface area contributed by atoms with Crippen molar-refractivity contribution in [3.63, 3.8) is 0 Å². The molecule has 3 rings (SSSR count).